The van der Waals surface area contributed by atoms with Gasteiger partial charge in [0, 0.05) is 5.56 Å². The van der Waals surface area contributed by atoms with E-state index in [0.29, 0.717) is 5.75 Å². The molecule has 0 unspecified atom stereocenters. The number of ether oxygens (including phenoxy) is 1. The smallest absolute Gasteiger partial charge is 0.245 e. The molecule has 0 spiro atoms. The van der Waals surface area contributed by atoms with E-state index in [9.17, 15) is 9.90 Å². The van der Waals surface area contributed by atoms with Crippen molar-refractivity contribution in [2.75, 3.05) is 7.11 Å². The number of carbonyl (C=O) groups excluding carboxylic acids is 1. The van der Waals surface area contributed by atoms with E-state index >= 15 is 0 Å². The fraction of sp³-hybridized carbons (Fsp3) is 0.654. The van der Waals surface area contributed by atoms with E-state index in [0.717, 1.165) is 30.4 Å². The second kappa shape index (κ2) is 17.2. The Morgan fingerprint density at radius 1 is 0.900 bits per heavy atom. The summed E-state index contributed by atoms with van der Waals surface area (Å²) in [6.45, 7) is 2.27. The third-order valence-electron chi connectivity index (χ3n) is 5.65. The molecule has 0 fully saturated rings. The van der Waals surface area contributed by atoms with Crippen molar-refractivity contribution in [3.63, 3.8) is 0 Å². The van der Waals surface area contributed by atoms with E-state index in [1.54, 1.807) is 25.3 Å². The SMILES string of the molecule is CCCCCCCCCCCCCCCCc1c(C=CC(=O)Cl)ccc(O)c1OC. The molecule has 1 N–H and O–H groups in total. The molecule has 0 aliphatic rings. The highest BCUT2D eigenvalue weighted by atomic mass is 35.5. The van der Waals surface area contributed by atoms with Crippen LogP contribution in [0.5, 0.6) is 11.5 Å². The number of rotatable bonds is 18. The van der Waals surface area contributed by atoms with Crippen molar-refractivity contribution >= 4 is 22.9 Å². The van der Waals surface area contributed by atoms with Crippen molar-refractivity contribution in [1.29, 1.82) is 0 Å². The molecule has 0 aliphatic carbocycles. The first-order chi connectivity index (χ1) is 14.6. The number of carbonyl (C=O) groups is 1. The maximum Gasteiger partial charge on any atom is 0.245 e. The van der Waals surface area contributed by atoms with Gasteiger partial charge in [0.25, 0.3) is 0 Å². The van der Waals surface area contributed by atoms with Gasteiger partial charge in [0.15, 0.2) is 11.5 Å². The van der Waals surface area contributed by atoms with Gasteiger partial charge in [0.05, 0.1) is 7.11 Å². The molecule has 0 aliphatic heterocycles. The lowest BCUT2D eigenvalue weighted by atomic mass is 9.98. The molecule has 3 nitrogen and oxygen atoms in total. The first-order valence-electron chi connectivity index (χ1n) is 11.9. The Hall–Kier alpha value is -1.48. The normalized spacial score (nSPS) is 11.3. The number of hydrogen-bond donors (Lipinski definition) is 1. The van der Waals surface area contributed by atoms with Crippen molar-refractivity contribution in [2.24, 2.45) is 0 Å². The molecule has 0 saturated heterocycles. The Bertz CT molecular complexity index is 625. The number of methoxy groups -OCH3 is 1. The number of phenols is 1. The molecular formula is C26H41ClO3. The van der Waals surface area contributed by atoms with Crippen molar-refractivity contribution in [3.8, 4) is 11.5 Å². The van der Waals surface area contributed by atoms with Gasteiger partial charge >= 0.3 is 0 Å². The molecule has 0 bridgehead atoms. The molecule has 1 aromatic carbocycles. The van der Waals surface area contributed by atoms with Crippen LogP contribution < -0.4 is 4.74 Å². The van der Waals surface area contributed by atoms with Gasteiger partial charge in [-0.1, -0.05) is 96.5 Å². The topological polar surface area (TPSA) is 46.5 Å². The number of unbranched alkanes of at least 4 members (excludes halogenated alkanes) is 13. The Morgan fingerprint density at radius 3 is 1.87 bits per heavy atom. The first kappa shape index (κ1) is 26.6. The van der Waals surface area contributed by atoms with Crippen LogP contribution in [0.2, 0.25) is 0 Å². The quantitative estimate of drug-likeness (QED) is 0.143. The molecule has 30 heavy (non-hydrogen) atoms. The average molecular weight is 437 g/mol. The summed E-state index contributed by atoms with van der Waals surface area (Å²) >= 11 is 5.42. The summed E-state index contributed by atoms with van der Waals surface area (Å²) in [5, 5.41) is 9.56. The van der Waals surface area contributed by atoms with Gasteiger partial charge in [-0.15, -0.1) is 0 Å². The Kier molecular flexibility index (Phi) is 15.2. The van der Waals surface area contributed by atoms with Crippen LogP contribution in [-0.4, -0.2) is 17.5 Å². The molecule has 0 aromatic heterocycles. The fourth-order valence-corrected chi connectivity index (χ4v) is 3.99. The van der Waals surface area contributed by atoms with Crippen molar-refractivity contribution in [1.82, 2.24) is 0 Å². The van der Waals surface area contributed by atoms with Gasteiger partial charge in [-0.05, 0) is 48.2 Å². The zero-order chi connectivity index (χ0) is 22.0. The zero-order valence-electron chi connectivity index (χ0n) is 19.1. The van der Waals surface area contributed by atoms with Crippen molar-refractivity contribution in [3.05, 3.63) is 29.3 Å². The standard InChI is InChI=1S/C26H41ClO3/c1-3-4-5-6-7-8-9-10-11-12-13-14-15-16-17-23-22(19-21-25(27)29)18-20-24(28)26(23)30-2/h18-21,28H,3-17H2,1-2H3. The number of phenolic OH excluding ortho intramolecular Hbond substituents is 1. The Labute approximate surface area is 188 Å². The predicted molar refractivity (Wildman–Crippen MR) is 129 cm³/mol. The van der Waals surface area contributed by atoms with Gasteiger partial charge in [-0.25, -0.2) is 0 Å². The molecular weight excluding hydrogens is 396 g/mol. The number of halogens is 1. The minimum absolute atomic E-state index is 0.132. The van der Waals surface area contributed by atoms with Gasteiger partial charge in [0.1, 0.15) is 0 Å². The third kappa shape index (κ3) is 11.6. The summed E-state index contributed by atoms with van der Waals surface area (Å²) in [4.78, 5) is 11.0. The largest absolute Gasteiger partial charge is 0.504 e. The van der Waals surface area contributed by atoms with Gasteiger partial charge in [0.2, 0.25) is 5.24 Å². The average Bonchev–Trinajstić information content (AvgIpc) is 2.73. The Morgan fingerprint density at radius 2 is 1.40 bits per heavy atom. The van der Waals surface area contributed by atoms with Crippen LogP contribution in [0.15, 0.2) is 18.2 Å². The van der Waals surface area contributed by atoms with Crippen molar-refractivity contribution in [2.45, 2.75) is 103 Å². The molecule has 0 heterocycles. The van der Waals surface area contributed by atoms with E-state index in [4.69, 9.17) is 16.3 Å². The molecule has 4 heteroatoms. The van der Waals surface area contributed by atoms with Crippen molar-refractivity contribution < 1.29 is 14.6 Å². The summed E-state index contributed by atoms with van der Waals surface area (Å²) in [5.41, 5.74) is 1.80. The second-order valence-electron chi connectivity index (χ2n) is 8.17. The summed E-state index contributed by atoms with van der Waals surface area (Å²) in [7, 11) is 1.56. The second-order valence-corrected chi connectivity index (χ2v) is 8.54. The van der Waals surface area contributed by atoms with Crippen LogP contribution in [0.1, 0.15) is 108 Å². The van der Waals surface area contributed by atoms with Gasteiger partial charge < -0.3 is 9.84 Å². The lowest BCUT2D eigenvalue weighted by Crippen LogP contribution is -1.97. The van der Waals surface area contributed by atoms with Crippen LogP contribution in [-0.2, 0) is 11.2 Å². The highest BCUT2D eigenvalue weighted by Gasteiger charge is 2.12. The molecule has 0 atom stereocenters. The molecule has 0 amide bonds. The monoisotopic (exact) mass is 436 g/mol. The van der Waals surface area contributed by atoms with Crippen LogP contribution in [0.25, 0.3) is 6.08 Å². The van der Waals surface area contributed by atoms with Crippen LogP contribution in [0.4, 0.5) is 0 Å². The molecule has 0 radical (unpaired) electrons. The number of aromatic hydroxyl groups is 1. The lowest BCUT2D eigenvalue weighted by Gasteiger charge is -2.13. The summed E-state index contributed by atoms with van der Waals surface area (Å²) in [5.74, 6) is 0.626. The van der Waals surface area contributed by atoms with Gasteiger partial charge in [-0.3, -0.25) is 4.79 Å². The molecule has 170 valence electrons. The Balaban J connectivity index is 2.22. The van der Waals surface area contributed by atoms with Crippen LogP contribution in [0.3, 0.4) is 0 Å². The minimum atomic E-state index is -0.510. The van der Waals surface area contributed by atoms with Crippen LogP contribution >= 0.6 is 11.6 Å². The number of allylic oxidation sites excluding steroid dienone is 1. The van der Waals surface area contributed by atoms with Gasteiger partial charge in [-0.2, -0.15) is 0 Å². The van der Waals surface area contributed by atoms with Crippen LogP contribution in [0, 0.1) is 0 Å². The fourth-order valence-electron chi connectivity index (χ4n) is 3.92. The maximum atomic E-state index is 11.0. The predicted octanol–water partition coefficient (Wildman–Crippen LogP) is 8.20. The maximum absolute atomic E-state index is 11.0. The molecule has 1 aromatic rings. The highest BCUT2D eigenvalue weighted by molar-refractivity contribution is 6.66. The summed E-state index contributed by atoms with van der Waals surface area (Å²) in [6.07, 6.45) is 22.4. The van der Waals surface area contributed by atoms with E-state index in [1.807, 2.05) is 0 Å². The number of benzene rings is 1. The summed E-state index contributed by atoms with van der Waals surface area (Å²) < 4.78 is 5.39. The van der Waals surface area contributed by atoms with E-state index in [-0.39, 0.29) is 5.75 Å². The molecule has 1 rings (SSSR count). The third-order valence-corrected chi connectivity index (χ3v) is 5.78. The van der Waals surface area contributed by atoms with E-state index < -0.39 is 5.24 Å². The minimum Gasteiger partial charge on any atom is -0.504 e. The van der Waals surface area contributed by atoms with E-state index in [2.05, 4.69) is 6.92 Å². The zero-order valence-corrected chi connectivity index (χ0v) is 19.8. The highest BCUT2D eigenvalue weighted by Crippen LogP contribution is 2.34. The lowest BCUT2D eigenvalue weighted by molar-refractivity contribution is -0.107. The van der Waals surface area contributed by atoms with E-state index in [1.165, 1.54) is 83.1 Å². The first-order valence-corrected chi connectivity index (χ1v) is 12.2. The summed E-state index contributed by atoms with van der Waals surface area (Å²) in [6, 6.07) is 3.39. The molecule has 0 saturated carbocycles. The number of hydrogen-bond acceptors (Lipinski definition) is 3.